The van der Waals surface area contributed by atoms with E-state index in [1.54, 1.807) is 0 Å². The molecule has 6 N–H and O–H groups in total. The summed E-state index contributed by atoms with van der Waals surface area (Å²) >= 11 is 0.288. The third-order valence-corrected chi connectivity index (χ3v) is 6.59. The van der Waals surface area contributed by atoms with Gasteiger partial charge in [0.1, 0.15) is 19.8 Å². The van der Waals surface area contributed by atoms with Crippen LogP contribution in [0.5, 0.6) is 0 Å². The number of aliphatic carboxylic acids is 1. The molecule has 0 unspecified atom stereocenters. The van der Waals surface area contributed by atoms with Gasteiger partial charge in [0.15, 0.2) is 5.54 Å². The highest BCUT2D eigenvalue weighted by molar-refractivity contribution is 7.99. The predicted octanol–water partition coefficient (Wildman–Crippen LogP) is 3.37. The van der Waals surface area contributed by atoms with Gasteiger partial charge in [0.05, 0.1) is 0 Å². The average molecular weight is 715 g/mol. The second-order valence-electron chi connectivity index (χ2n) is 9.17. The van der Waals surface area contributed by atoms with Crippen LogP contribution in [0.1, 0.15) is 32.1 Å². The fourth-order valence-electron chi connectivity index (χ4n) is 2.46. The Morgan fingerprint density at radius 3 is 1.25 bits per heavy atom. The summed E-state index contributed by atoms with van der Waals surface area (Å²) in [6, 6.07) is 0. The first-order valence-corrected chi connectivity index (χ1v) is 12.7. The standard InChI is InChI=1S/C16H15F17O2S.C4H11NO3/c17-9(18,5-7-36-6-3-1-2-4-8(34)35)10(19,20)11(21,22)12(23,24)13(25,26)14(27,28)15(29,30)16(31,32)33;5-4(1-6,2-7)3-8/h1-7H2,(H,34,35);6-8H,1-3,5H2. The number of unbranched alkanes of at least 4 members (excludes halogenated alkanes) is 2. The summed E-state index contributed by atoms with van der Waals surface area (Å²) in [7, 11) is 0. The Bertz CT molecular complexity index is 890. The summed E-state index contributed by atoms with van der Waals surface area (Å²) in [4.78, 5) is 10.1. The summed E-state index contributed by atoms with van der Waals surface area (Å²) in [5, 5.41) is 35.3. The number of aliphatic hydroxyl groups excluding tert-OH is 3. The van der Waals surface area contributed by atoms with Crippen molar-refractivity contribution in [3.05, 3.63) is 0 Å². The molecule has 0 rings (SSSR count). The van der Waals surface area contributed by atoms with E-state index in [4.69, 9.17) is 15.3 Å². The van der Waals surface area contributed by atoms with Gasteiger partial charge in [0.2, 0.25) is 0 Å². The van der Waals surface area contributed by atoms with Crippen molar-refractivity contribution in [3.8, 4) is 0 Å². The molecule has 0 radical (unpaired) electrons. The van der Waals surface area contributed by atoms with Gasteiger partial charge in [-0.1, -0.05) is 6.42 Å². The first-order chi connectivity index (χ1) is 19.3. The molecule has 0 aromatic heterocycles. The molecule has 0 atom stereocenters. The number of rotatable bonds is 18. The van der Waals surface area contributed by atoms with E-state index < -0.39 is 77.7 Å². The lowest BCUT2D eigenvalue weighted by atomic mass is 9.88. The molecular formula is C20H26F17NO5S. The molecule has 44 heavy (non-hydrogen) atoms. The van der Waals surface area contributed by atoms with E-state index in [-0.39, 0.29) is 56.6 Å². The van der Waals surface area contributed by atoms with Crippen LogP contribution in [-0.2, 0) is 4.79 Å². The second kappa shape index (κ2) is 15.4. The SMILES string of the molecule is O=C([O-])CCCCCSCCC(F)(F)C(F)(F)C(F)(F)C(F)(F)C(F)(F)C(F)(F)C(F)(F)C(F)(F)F.[NH3+]C(CO)(CO)CO. The van der Waals surface area contributed by atoms with Crippen molar-refractivity contribution in [2.24, 2.45) is 0 Å². The Balaban J connectivity index is 0. The highest BCUT2D eigenvalue weighted by atomic mass is 32.2. The molecule has 0 aliphatic carbocycles. The van der Waals surface area contributed by atoms with Gasteiger partial charge in [-0.25, -0.2) is 0 Å². The molecule has 0 spiro atoms. The summed E-state index contributed by atoms with van der Waals surface area (Å²) in [6.07, 6.45) is -10.5. The number of halogens is 17. The van der Waals surface area contributed by atoms with Crippen LogP contribution in [0, 0.1) is 0 Å². The number of quaternary nitrogens is 1. The van der Waals surface area contributed by atoms with E-state index in [9.17, 15) is 84.5 Å². The van der Waals surface area contributed by atoms with E-state index in [1.807, 2.05) is 0 Å². The molecule has 0 aliphatic heterocycles. The summed E-state index contributed by atoms with van der Waals surface area (Å²) in [5.41, 5.74) is 2.42. The van der Waals surface area contributed by atoms with Gasteiger partial charge in [-0.05, 0) is 30.8 Å². The highest BCUT2D eigenvalue weighted by Crippen LogP contribution is 2.64. The van der Waals surface area contributed by atoms with E-state index in [0.29, 0.717) is 0 Å². The van der Waals surface area contributed by atoms with Crippen LogP contribution >= 0.6 is 11.8 Å². The first kappa shape index (κ1) is 44.6. The normalized spacial score (nSPS) is 14.8. The Kier molecular flexibility index (Phi) is 15.6. The zero-order valence-electron chi connectivity index (χ0n) is 21.8. The van der Waals surface area contributed by atoms with E-state index in [2.05, 4.69) is 5.73 Å². The quantitative estimate of drug-likeness (QED) is 0.127. The van der Waals surface area contributed by atoms with Gasteiger partial charge in [0.25, 0.3) is 0 Å². The first-order valence-electron chi connectivity index (χ1n) is 11.5. The lowest BCUT2D eigenvalue weighted by Crippen LogP contribution is -2.78. The Labute approximate surface area is 240 Å². The number of alkyl halides is 17. The molecule has 266 valence electrons. The van der Waals surface area contributed by atoms with Crippen LogP contribution in [0.4, 0.5) is 74.6 Å². The van der Waals surface area contributed by atoms with Crippen LogP contribution in [-0.4, -0.2) is 106 Å². The van der Waals surface area contributed by atoms with Gasteiger partial charge in [-0.2, -0.15) is 86.4 Å². The molecule has 0 heterocycles. The van der Waals surface area contributed by atoms with E-state index in [1.165, 1.54) is 0 Å². The smallest absolute Gasteiger partial charge is 0.460 e. The monoisotopic (exact) mass is 715 g/mol. The molecule has 0 saturated carbocycles. The lowest BCUT2D eigenvalue weighted by Gasteiger charge is -2.42. The van der Waals surface area contributed by atoms with Crippen molar-refractivity contribution >= 4 is 17.7 Å². The number of aliphatic hydroxyl groups is 3. The fourth-order valence-corrected chi connectivity index (χ4v) is 3.47. The predicted molar refractivity (Wildman–Crippen MR) is 113 cm³/mol. The second-order valence-corrected chi connectivity index (χ2v) is 10.4. The minimum atomic E-state index is -8.62. The lowest BCUT2D eigenvalue weighted by molar-refractivity contribution is -0.494. The van der Waals surface area contributed by atoms with Gasteiger partial charge in [0, 0.05) is 12.4 Å². The molecule has 6 nitrogen and oxygen atoms in total. The zero-order valence-corrected chi connectivity index (χ0v) is 22.6. The number of hydrogen-bond donors (Lipinski definition) is 4. The van der Waals surface area contributed by atoms with Crippen LogP contribution in [0.2, 0.25) is 0 Å². The van der Waals surface area contributed by atoms with Crippen molar-refractivity contribution in [2.45, 2.75) is 85.3 Å². The van der Waals surface area contributed by atoms with Crippen molar-refractivity contribution < 1.29 is 106 Å². The summed E-state index contributed by atoms with van der Waals surface area (Å²) in [6.45, 7) is -0.875. The number of carboxylic acids is 1. The molecule has 0 aromatic carbocycles. The topological polar surface area (TPSA) is 128 Å². The molecule has 0 aliphatic rings. The number of carbonyl (C=O) groups excluding carboxylic acids is 1. The van der Waals surface area contributed by atoms with Crippen molar-refractivity contribution in [3.63, 3.8) is 0 Å². The number of carbonyl (C=O) groups is 1. The molecule has 0 bridgehead atoms. The third kappa shape index (κ3) is 9.27. The minimum absolute atomic E-state index is 0.0324. The molecule has 0 amide bonds. The molecule has 0 saturated heterocycles. The van der Waals surface area contributed by atoms with Gasteiger partial charge in [-0.3, -0.25) is 0 Å². The number of thioether (sulfide) groups is 1. The maximum Gasteiger partial charge on any atom is 0.460 e. The molecule has 24 heteroatoms. The Hall–Kier alpha value is -1.53. The van der Waals surface area contributed by atoms with Crippen LogP contribution < -0.4 is 10.8 Å². The summed E-state index contributed by atoms with van der Waals surface area (Å²) < 4.78 is 223. The van der Waals surface area contributed by atoms with Gasteiger partial charge >= 0.3 is 47.6 Å². The van der Waals surface area contributed by atoms with Crippen LogP contribution in [0.15, 0.2) is 0 Å². The maximum atomic E-state index is 13.6. The van der Waals surface area contributed by atoms with Crippen molar-refractivity contribution in [1.29, 1.82) is 0 Å². The fraction of sp³-hybridized carbons (Fsp3) is 0.950. The van der Waals surface area contributed by atoms with Crippen LogP contribution in [0.25, 0.3) is 0 Å². The third-order valence-electron chi connectivity index (χ3n) is 5.52. The zero-order chi connectivity index (χ0) is 35.9. The number of carboxylic acid groups (broad SMARTS) is 1. The van der Waals surface area contributed by atoms with Gasteiger partial charge in [-0.15, -0.1) is 0 Å². The minimum Gasteiger partial charge on any atom is -0.550 e. The highest BCUT2D eigenvalue weighted by Gasteiger charge is 2.95. The molecular weight excluding hydrogens is 689 g/mol. The van der Waals surface area contributed by atoms with Gasteiger partial charge < -0.3 is 31.0 Å². The van der Waals surface area contributed by atoms with Crippen LogP contribution in [0.3, 0.4) is 0 Å². The Morgan fingerprint density at radius 1 is 0.568 bits per heavy atom. The molecule has 0 aromatic rings. The molecule has 0 fully saturated rings. The maximum absolute atomic E-state index is 13.6. The Morgan fingerprint density at radius 2 is 0.932 bits per heavy atom. The average Bonchev–Trinajstić information content (AvgIpc) is 2.88. The summed E-state index contributed by atoms with van der Waals surface area (Å²) in [5.74, 6) is -59.1. The van der Waals surface area contributed by atoms with E-state index >= 15 is 0 Å². The van der Waals surface area contributed by atoms with E-state index in [0.717, 1.165) is 0 Å². The van der Waals surface area contributed by atoms with Crippen molar-refractivity contribution in [1.82, 2.24) is 0 Å². The number of hydrogen-bond acceptors (Lipinski definition) is 6. The van der Waals surface area contributed by atoms with Crippen molar-refractivity contribution in [2.75, 3.05) is 31.3 Å². The largest absolute Gasteiger partial charge is 0.550 e.